The van der Waals surface area contributed by atoms with Crippen molar-refractivity contribution in [2.45, 2.75) is 26.1 Å². The van der Waals surface area contributed by atoms with Crippen molar-refractivity contribution < 1.29 is 27.4 Å². The summed E-state index contributed by atoms with van der Waals surface area (Å²) in [5.41, 5.74) is 0.842. The summed E-state index contributed by atoms with van der Waals surface area (Å²) in [6, 6.07) is 5.54. The fraction of sp³-hybridized carbons (Fsp3) is 0.571. The first-order valence-corrected chi connectivity index (χ1v) is 12.0. The maximum Gasteiger partial charge on any atom is 0.282 e. The molecule has 170 valence electrons. The number of hydrogen-bond donors (Lipinski definition) is 0. The van der Waals surface area contributed by atoms with Gasteiger partial charge in [-0.05, 0) is 37.6 Å². The van der Waals surface area contributed by atoms with Gasteiger partial charge in [-0.25, -0.2) is 0 Å². The van der Waals surface area contributed by atoms with Gasteiger partial charge in [-0.15, -0.1) is 0 Å². The summed E-state index contributed by atoms with van der Waals surface area (Å²) in [5, 5.41) is 0. The minimum Gasteiger partial charge on any atom is -0.486 e. The average molecular weight is 452 g/mol. The lowest BCUT2D eigenvalue weighted by atomic mass is 10.1. The maximum atomic E-state index is 13.0. The Bertz CT molecular complexity index is 932. The van der Waals surface area contributed by atoms with E-state index in [1.807, 2.05) is 32.0 Å². The van der Waals surface area contributed by atoms with Crippen LogP contribution in [0.25, 0.3) is 6.08 Å². The van der Waals surface area contributed by atoms with Gasteiger partial charge in [-0.1, -0.05) is 6.07 Å². The van der Waals surface area contributed by atoms with Gasteiger partial charge >= 0.3 is 0 Å². The van der Waals surface area contributed by atoms with Gasteiger partial charge in [0, 0.05) is 45.3 Å². The number of piperazine rings is 1. The first-order chi connectivity index (χ1) is 14.8. The van der Waals surface area contributed by atoms with Gasteiger partial charge < -0.3 is 19.1 Å². The molecule has 3 aliphatic rings. The van der Waals surface area contributed by atoms with Crippen LogP contribution in [0.1, 0.15) is 19.4 Å². The number of benzene rings is 1. The molecule has 2 atom stereocenters. The molecule has 1 aromatic carbocycles. The molecule has 3 heterocycles. The zero-order chi connectivity index (χ0) is 22.0. The molecule has 0 N–H and O–H groups in total. The number of fused-ring (bicyclic) bond motifs is 1. The molecule has 1 aromatic rings. The Kier molecular flexibility index (Phi) is 6.52. The normalized spacial score (nSPS) is 25.7. The van der Waals surface area contributed by atoms with E-state index in [2.05, 4.69) is 0 Å². The summed E-state index contributed by atoms with van der Waals surface area (Å²) in [6.07, 6.45) is 2.99. The van der Waals surface area contributed by atoms with Crippen LogP contribution >= 0.6 is 0 Å². The van der Waals surface area contributed by atoms with Crippen LogP contribution in [0, 0.1) is 0 Å². The van der Waals surface area contributed by atoms with Gasteiger partial charge in [0.1, 0.15) is 13.2 Å². The predicted octanol–water partition coefficient (Wildman–Crippen LogP) is 0.969. The maximum absolute atomic E-state index is 13.0. The van der Waals surface area contributed by atoms with Gasteiger partial charge in [0.05, 0.1) is 12.2 Å². The molecule has 0 radical (unpaired) electrons. The molecule has 10 heteroatoms. The third-order valence-corrected chi connectivity index (χ3v) is 7.54. The van der Waals surface area contributed by atoms with Crippen LogP contribution in [0.3, 0.4) is 0 Å². The molecule has 2 fully saturated rings. The molecule has 0 aromatic heterocycles. The lowest BCUT2D eigenvalue weighted by molar-refractivity contribution is -0.127. The zero-order valence-electron chi connectivity index (χ0n) is 17.9. The van der Waals surface area contributed by atoms with Crippen LogP contribution < -0.4 is 9.47 Å². The first-order valence-electron chi connectivity index (χ1n) is 10.6. The van der Waals surface area contributed by atoms with E-state index in [9.17, 15) is 13.2 Å². The van der Waals surface area contributed by atoms with Gasteiger partial charge in [-0.2, -0.15) is 17.0 Å². The molecule has 2 unspecified atom stereocenters. The third-order valence-electron chi connectivity index (χ3n) is 5.57. The summed E-state index contributed by atoms with van der Waals surface area (Å²) < 4.78 is 45.7. The highest BCUT2D eigenvalue weighted by atomic mass is 32.2. The SMILES string of the molecule is CC1CN(S(=O)(=O)N2CCN(C(=O)/C=C/c3ccc4c(c3)OCCO4)CC2)CC(C)O1. The molecule has 9 nitrogen and oxygen atoms in total. The second kappa shape index (κ2) is 9.15. The summed E-state index contributed by atoms with van der Waals surface area (Å²) in [4.78, 5) is 14.3. The molecular formula is C21H29N3O6S. The fourth-order valence-electron chi connectivity index (χ4n) is 4.06. The molecule has 0 aliphatic carbocycles. The monoisotopic (exact) mass is 451 g/mol. The van der Waals surface area contributed by atoms with Crippen molar-refractivity contribution in [1.82, 2.24) is 13.5 Å². The van der Waals surface area contributed by atoms with Crippen LogP contribution in [0.15, 0.2) is 24.3 Å². The highest BCUT2D eigenvalue weighted by Gasteiger charge is 2.37. The van der Waals surface area contributed by atoms with Crippen LogP contribution in [0.5, 0.6) is 11.5 Å². The Hall–Kier alpha value is -2.14. The fourth-order valence-corrected chi connectivity index (χ4v) is 5.81. The second-order valence-corrected chi connectivity index (χ2v) is 9.97. The summed E-state index contributed by atoms with van der Waals surface area (Å²) in [7, 11) is -3.56. The van der Waals surface area contributed by atoms with Crippen molar-refractivity contribution >= 4 is 22.2 Å². The molecule has 4 rings (SSSR count). The molecule has 2 saturated heterocycles. The second-order valence-electron chi connectivity index (χ2n) is 8.04. The first kappa shape index (κ1) is 22.1. The van der Waals surface area contributed by atoms with Gasteiger partial charge in [0.2, 0.25) is 5.91 Å². The largest absolute Gasteiger partial charge is 0.486 e. The van der Waals surface area contributed by atoms with Crippen molar-refractivity contribution in [3.63, 3.8) is 0 Å². The number of nitrogens with zero attached hydrogens (tertiary/aromatic N) is 3. The molecule has 0 spiro atoms. The minimum absolute atomic E-state index is 0.132. The van der Waals surface area contributed by atoms with Crippen LogP contribution in [-0.4, -0.2) is 92.5 Å². The van der Waals surface area contributed by atoms with E-state index in [1.54, 1.807) is 11.0 Å². The van der Waals surface area contributed by atoms with E-state index >= 15 is 0 Å². The van der Waals surface area contributed by atoms with Crippen LogP contribution in [0.4, 0.5) is 0 Å². The summed E-state index contributed by atoms with van der Waals surface area (Å²) in [5.74, 6) is 1.24. The van der Waals surface area contributed by atoms with E-state index in [0.29, 0.717) is 50.9 Å². The van der Waals surface area contributed by atoms with Crippen molar-refractivity contribution in [1.29, 1.82) is 0 Å². The Labute approximate surface area is 183 Å². The molecular weight excluding hydrogens is 422 g/mol. The average Bonchev–Trinajstić information content (AvgIpc) is 2.76. The summed E-state index contributed by atoms with van der Waals surface area (Å²) in [6.45, 7) is 6.79. The Morgan fingerprint density at radius 1 is 0.968 bits per heavy atom. The van der Waals surface area contributed by atoms with Crippen molar-refractivity contribution in [3.05, 3.63) is 29.8 Å². The Balaban J connectivity index is 1.33. The highest BCUT2D eigenvalue weighted by Crippen LogP contribution is 2.31. The molecule has 31 heavy (non-hydrogen) atoms. The van der Waals surface area contributed by atoms with E-state index in [-0.39, 0.29) is 31.2 Å². The molecule has 0 bridgehead atoms. The van der Waals surface area contributed by atoms with Crippen molar-refractivity contribution in [2.75, 3.05) is 52.5 Å². The number of morpholine rings is 1. The smallest absolute Gasteiger partial charge is 0.282 e. The van der Waals surface area contributed by atoms with E-state index in [0.717, 1.165) is 5.56 Å². The Morgan fingerprint density at radius 3 is 2.29 bits per heavy atom. The van der Waals surface area contributed by atoms with Crippen molar-refractivity contribution in [3.8, 4) is 11.5 Å². The number of carbonyl (C=O) groups excluding carboxylic acids is 1. The number of amides is 1. The summed E-state index contributed by atoms with van der Waals surface area (Å²) >= 11 is 0. The highest BCUT2D eigenvalue weighted by molar-refractivity contribution is 7.86. The number of rotatable bonds is 4. The minimum atomic E-state index is -3.56. The molecule has 0 saturated carbocycles. The van der Waals surface area contributed by atoms with Crippen LogP contribution in [0.2, 0.25) is 0 Å². The van der Waals surface area contributed by atoms with E-state index in [4.69, 9.17) is 14.2 Å². The lowest BCUT2D eigenvalue weighted by Crippen LogP contribution is -2.57. The topological polar surface area (TPSA) is 88.6 Å². The van der Waals surface area contributed by atoms with Crippen LogP contribution in [-0.2, 0) is 19.7 Å². The number of carbonyl (C=O) groups is 1. The van der Waals surface area contributed by atoms with Gasteiger partial charge in [-0.3, -0.25) is 4.79 Å². The molecule has 1 amide bonds. The number of hydrogen-bond acceptors (Lipinski definition) is 6. The lowest BCUT2D eigenvalue weighted by Gasteiger charge is -2.40. The quantitative estimate of drug-likeness (QED) is 0.634. The molecule has 3 aliphatic heterocycles. The van der Waals surface area contributed by atoms with E-state index < -0.39 is 10.2 Å². The number of ether oxygens (including phenoxy) is 3. The van der Waals surface area contributed by atoms with E-state index in [1.165, 1.54) is 14.7 Å². The zero-order valence-corrected chi connectivity index (χ0v) is 18.7. The predicted molar refractivity (Wildman–Crippen MR) is 115 cm³/mol. The third kappa shape index (κ3) is 5.03. The Morgan fingerprint density at radius 2 is 1.61 bits per heavy atom. The standard InChI is InChI=1S/C21H29N3O6S/c1-16-14-24(15-17(2)30-16)31(26,27)23-9-7-22(8-10-23)21(25)6-4-18-3-5-19-20(13-18)29-12-11-28-19/h3-6,13,16-17H,7-12,14-15H2,1-2H3/b6-4+. The van der Waals surface area contributed by atoms with Gasteiger partial charge in [0.15, 0.2) is 11.5 Å². The van der Waals surface area contributed by atoms with Gasteiger partial charge in [0.25, 0.3) is 10.2 Å². The van der Waals surface area contributed by atoms with Crippen molar-refractivity contribution in [2.24, 2.45) is 0 Å².